The van der Waals surface area contributed by atoms with Gasteiger partial charge in [0.15, 0.2) is 0 Å². The SMILES string of the molecule is CCCC1(NC)CCC(N2CCC(c3ccccc3)CC2)C1. The van der Waals surface area contributed by atoms with Crippen LogP contribution in [-0.4, -0.2) is 36.6 Å². The van der Waals surface area contributed by atoms with Crippen molar-refractivity contribution in [2.24, 2.45) is 0 Å². The fraction of sp³-hybridized carbons (Fsp3) is 0.700. The number of nitrogens with zero attached hydrogens (tertiary/aromatic N) is 1. The monoisotopic (exact) mass is 300 g/mol. The highest BCUT2D eigenvalue weighted by molar-refractivity contribution is 5.20. The Balaban J connectivity index is 1.54. The molecule has 1 aliphatic carbocycles. The molecule has 2 fully saturated rings. The van der Waals surface area contributed by atoms with Gasteiger partial charge in [0, 0.05) is 11.6 Å². The van der Waals surface area contributed by atoms with Crippen molar-refractivity contribution < 1.29 is 0 Å². The van der Waals surface area contributed by atoms with Crippen LogP contribution in [0.25, 0.3) is 0 Å². The molecule has 1 heterocycles. The molecule has 0 amide bonds. The third-order valence-corrected chi connectivity index (χ3v) is 6.16. The molecule has 2 heteroatoms. The van der Waals surface area contributed by atoms with E-state index in [-0.39, 0.29) is 0 Å². The minimum absolute atomic E-state index is 0.426. The molecule has 2 unspecified atom stereocenters. The Bertz CT molecular complexity index is 450. The lowest BCUT2D eigenvalue weighted by atomic mass is 9.88. The van der Waals surface area contributed by atoms with E-state index in [1.807, 2.05) is 0 Å². The third kappa shape index (κ3) is 3.38. The van der Waals surface area contributed by atoms with Crippen molar-refractivity contribution in [3.63, 3.8) is 0 Å². The zero-order chi connectivity index (χ0) is 15.4. The number of hydrogen-bond donors (Lipinski definition) is 1. The van der Waals surface area contributed by atoms with Crippen LogP contribution in [0.4, 0.5) is 0 Å². The number of hydrogen-bond acceptors (Lipinski definition) is 2. The van der Waals surface area contributed by atoms with Crippen molar-refractivity contribution in [1.29, 1.82) is 0 Å². The molecule has 0 aromatic heterocycles. The van der Waals surface area contributed by atoms with Crippen LogP contribution in [0.1, 0.15) is 63.4 Å². The zero-order valence-electron chi connectivity index (χ0n) is 14.4. The van der Waals surface area contributed by atoms with E-state index in [0.717, 1.165) is 12.0 Å². The highest BCUT2D eigenvalue weighted by atomic mass is 15.2. The number of benzene rings is 1. The van der Waals surface area contributed by atoms with Gasteiger partial charge < -0.3 is 10.2 Å². The fourth-order valence-corrected chi connectivity index (χ4v) is 4.79. The largest absolute Gasteiger partial charge is 0.314 e. The Hall–Kier alpha value is -0.860. The highest BCUT2D eigenvalue weighted by Crippen LogP contribution is 2.38. The molecule has 3 rings (SSSR count). The van der Waals surface area contributed by atoms with E-state index in [4.69, 9.17) is 0 Å². The summed E-state index contributed by atoms with van der Waals surface area (Å²) < 4.78 is 0. The second-order valence-corrected chi connectivity index (χ2v) is 7.40. The summed E-state index contributed by atoms with van der Waals surface area (Å²) in [5.74, 6) is 0.781. The topological polar surface area (TPSA) is 15.3 Å². The summed E-state index contributed by atoms with van der Waals surface area (Å²) in [5, 5.41) is 3.66. The van der Waals surface area contributed by atoms with Crippen molar-refractivity contribution in [2.45, 2.75) is 69.4 Å². The van der Waals surface area contributed by atoms with E-state index in [1.165, 1.54) is 58.0 Å². The van der Waals surface area contributed by atoms with Crippen molar-refractivity contribution in [3.8, 4) is 0 Å². The van der Waals surface area contributed by atoms with E-state index in [2.05, 4.69) is 54.5 Å². The molecule has 122 valence electrons. The van der Waals surface area contributed by atoms with Crippen molar-refractivity contribution >= 4 is 0 Å². The molecule has 0 radical (unpaired) electrons. The van der Waals surface area contributed by atoms with Crippen molar-refractivity contribution in [2.75, 3.05) is 20.1 Å². The normalized spacial score (nSPS) is 30.7. The van der Waals surface area contributed by atoms with Gasteiger partial charge in [0.1, 0.15) is 0 Å². The van der Waals surface area contributed by atoms with Gasteiger partial charge in [-0.2, -0.15) is 0 Å². The first-order valence-electron chi connectivity index (χ1n) is 9.24. The van der Waals surface area contributed by atoms with Crippen LogP contribution in [0.15, 0.2) is 30.3 Å². The van der Waals surface area contributed by atoms with Crippen LogP contribution in [-0.2, 0) is 0 Å². The quantitative estimate of drug-likeness (QED) is 0.877. The summed E-state index contributed by atoms with van der Waals surface area (Å²) in [5.41, 5.74) is 1.97. The molecular formula is C20H32N2. The molecular weight excluding hydrogens is 268 g/mol. The van der Waals surface area contributed by atoms with Gasteiger partial charge in [0.2, 0.25) is 0 Å². The first-order chi connectivity index (χ1) is 10.8. The molecule has 2 aliphatic rings. The van der Waals surface area contributed by atoms with Crippen LogP contribution in [0.3, 0.4) is 0 Å². The molecule has 1 aromatic carbocycles. The van der Waals surface area contributed by atoms with Gasteiger partial charge >= 0.3 is 0 Å². The maximum atomic E-state index is 3.66. The summed E-state index contributed by atoms with van der Waals surface area (Å²) in [6, 6.07) is 11.9. The Kier molecular flexibility index (Phi) is 5.20. The van der Waals surface area contributed by atoms with Crippen molar-refractivity contribution in [1.82, 2.24) is 10.2 Å². The molecule has 2 atom stereocenters. The average molecular weight is 300 g/mol. The minimum Gasteiger partial charge on any atom is -0.314 e. The number of nitrogens with one attached hydrogen (secondary N) is 1. The maximum absolute atomic E-state index is 3.66. The zero-order valence-corrected chi connectivity index (χ0v) is 14.4. The van der Waals surface area contributed by atoms with Crippen LogP contribution < -0.4 is 5.32 Å². The van der Waals surface area contributed by atoms with Crippen LogP contribution >= 0.6 is 0 Å². The van der Waals surface area contributed by atoms with Crippen LogP contribution in [0, 0.1) is 0 Å². The van der Waals surface area contributed by atoms with E-state index >= 15 is 0 Å². The lowest BCUT2D eigenvalue weighted by Gasteiger charge is -2.37. The summed E-state index contributed by atoms with van der Waals surface area (Å²) in [4.78, 5) is 2.79. The Morgan fingerprint density at radius 1 is 1.14 bits per heavy atom. The highest BCUT2D eigenvalue weighted by Gasteiger charge is 2.40. The fourth-order valence-electron chi connectivity index (χ4n) is 4.79. The summed E-state index contributed by atoms with van der Waals surface area (Å²) in [7, 11) is 2.17. The molecule has 22 heavy (non-hydrogen) atoms. The van der Waals surface area contributed by atoms with Gasteiger partial charge in [-0.25, -0.2) is 0 Å². The number of likely N-dealkylation sites (tertiary alicyclic amines) is 1. The van der Waals surface area contributed by atoms with E-state index < -0.39 is 0 Å². The van der Waals surface area contributed by atoms with Gasteiger partial charge in [0.25, 0.3) is 0 Å². The maximum Gasteiger partial charge on any atom is 0.0193 e. The van der Waals surface area contributed by atoms with Crippen LogP contribution in [0.5, 0.6) is 0 Å². The predicted molar refractivity (Wildman–Crippen MR) is 94.3 cm³/mol. The third-order valence-electron chi connectivity index (χ3n) is 6.16. The van der Waals surface area contributed by atoms with Gasteiger partial charge in [-0.15, -0.1) is 0 Å². The molecule has 1 saturated carbocycles. The van der Waals surface area contributed by atoms with Crippen molar-refractivity contribution in [3.05, 3.63) is 35.9 Å². The first kappa shape index (κ1) is 16.0. The number of rotatable bonds is 5. The second-order valence-electron chi connectivity index (χ2n) is 7.40. The first-order valence-corrected chi connectivity index (χ1v) is 9.24. The van der Waals surface area contributed by atoms with Gasteiger partial charge in [0.05, 0.1) is 0 Å². The van der Waals surface area contributed by atoms with Gasteiger partial charge in [-0.3, -0.25) is 0 Å². The molecule has 1 aliphatic heterocycles. The van der Waals surface area contributed by atoms with E-state index in [0.29, 0.717) is 5.54 Å². The number of piperidine rings is 1. The minimum atomic E-state index is 0.426. The molecule has 1 N–H and O–H groups in total. The molecule has 2 nitrogen and oxygen atoms in total. The summed E-state index contributed by atoms with van der Waals surface area (Å²) in [6.45, 7) is 4.89. The second kappa shape index (κ2) is 7.14. The molecule has 1 aromatic rings. The Morgan fingerprint density at radius 2 is 1.86 bits per heavy atom. The Labute approximate surface area is 136 Å². The average Bonchev–Trinajstić information content (AvgIpc) is 3.01. The summed E-state index contributed by atoms with van der Waals surface area (Å²) >= 11 is 0. The van der Waals surface area contributed by atoms with E-state index in [9.17, 15) is 0 Å². The van der Waals surface area contributed by atoms with Gasteiger partial charge in [-0.05, 0) is 70.1 Å². The standard InChI is InChI=1S/C20H32N2/c1-3-12-20(21-2)13-9-19(16-20)22-14-10-18(11-15-22)17-7-5-4-6-8-17/h4-8,18-19,21H,3,9-16H2,1-2H3. The Morgan fingerprint density at radius 3 is 2.50 bits per heavy atom. The molecule has 1 saturated heterocycles. The molecule has 0 bridgehead atoms. The van der Waals surface area contributed by atoms with Crippen LogP contribution in [0.2, 0.25) is 0 Å². The molecule has 0 spiro atoms. The van der Waals surface area contributed by atoms with Gasteiger partial charge in [-0.1, -0.05) is 43.7 Å². The van der Waals surface area contributed by atoms with E-state index in [1.54, 1.807) is 5.56 Å². The lowest BCUT2D eigenvalue weighted by Crippen LogP contribution is -2.44. The predicted octanol–water partition coefficient (Wildman–Crippen LogP) is 4.18. The lowest BCUT2D eigenvalue weighted by molar-refractivity contribution is 0.145. The smallest absolute Gasteiger partial charge is 0.0193 e. The summed E-state index contributed by atoms with van der Waals surface area (Å²) in [6.07, 6.45) is 9.40.